The van der Waals surface area contributed by atoms with Crippen LogP contribution in [0, 0.1) is 0 Å². The standard InChI is InChI=1S/C25H32BrN5O4/c1-23(2,3)31-16-13-11-10-12-15(16)28-20(31)18-19(27-14-17(26)29-18)30(21(32)34-24(4,5)6)22(33)35-25(7,8)9/h10-14H,1-9H3. The van der Waals surface area contributed by atoms with E-state index in [-0.39, 0.29) is 11.5 Å². The lowest BCUT2D eigenvalue weighted by Gasteiger charge is -2.29. The molecule has 0 radical (unpaired) electrons. The molecule has 35 heavy (non-hydrogen) atoms. The zero-order valence-corrected chi connectivity index (χ0v) is 23.2. The van der Waals surface area contributed by atoms with E-state index in [2.05, 4.69) is 25.9 Å². The van der Waals surface area contributed by atoms with Crippen LogP contribution in [0.1, 0.15) is 62.3 Å². The minimum Gasteiger partial charge on any atom is -0.443 e. The van der Waals surface area contributed by atoms with Crippen LogP contribution in [0.15, 0.2) is 35.1 Å². The van der Waals surface area contributed by atoms with Gasteiger partial charge in [-0.2, -0.15) is 4.90 Å². The highest BCUT2D eigenvalue weighted by molar-refractivity contribution is 9.10. The first kappa shape index (κ1) is 26.6. The molecule has 0 unspecified atom stereocenters. The van der Waals surface area contributed by atoms with Crippen LogP contribution in [0.4, 0.5) is 15.4 Å². The number of benzene rings is 1. The van der Waals surface area contributed by atoms with E-state index in [9.17, 15) is 9.59 Å². The largest absolute Gasteiger partial charge is 0.443 e. The van der Waals surface area contributed by atoms with Crippen LogP contribution in [0.3, 0.4) is 0 Å². The summed E-state index contributed by atoms with van der Waals surface area (Å²) in [6.45, 7) is 16.4. The van der Waals surface area contributed by atoms with Gasteiger partial charge in [0.05, 0.1) is 17.2 Å². The van der Waals surface area contributed by atoms with E-state index in [0.29, 0.717) is 10.4 Å². The number of para-hydroxylation sites is 2. The Morgan fingerprint density at radius 1 is 0.886 bits per heavy atom. The molecule has 0 spiro atoms. The number of hydrogen-bond acceptors (Lipinski definition) is 7. The fourth-order valence-corrected chi connectivity index (χ4v) is 3.68. The predicted octanol–water partition coefficient (Wildman–Crippen LogP) is 6.69. The van der Waals surface area contributed by atoms with E-state index in [1.165, 1.54) is 6.20 Å². The van der Waals surface area contributed by atoms with E-state index in [1.807, 2.05) is 49.6 Å². The number of ether oxygens (including phenoxy) is 2. The first-order valence-electron chi connectivity index (χ1n) is 11.2. The van der Waals surface area contributed by atoms with Crippen molar-refractivity contribution >= 4 is 45.0 Å². The van der Waals surface area contributed by atoms with E-state index in [1.54, 1.807) is 41.5 Å². The quantitative estimate of drug-likeness (QED) is 0.353. The van der Waals surface area contributed by atoms with Gasteiger partial charge < -0.3 is 14.0 Å². The number of halogens is 1. The summed E-state index contributed by atoms with van der Waals surface area (Å²) in [7, 11) is 0. The van der Waals surface area contributed by atoms with Gasteiger partial charge in [-0.1, -0.05) is 12.1 Å². The number of imide groups is 1. The molecule has 2 amide bonds. The summed E-state index contributed by atoms with van der Waals surface area (Å²) in [5.41, 5.74) is -0.287. The van der Waals surface area contributed by atoms with Gasteiger partial charge >= 0.3 is 12.2 Å². The molecule has 3 rings (SSSR count). The number of carbonyl (C=O) groups excluding carboxylic acids is 2. The maximum Gasteiger partial charge on any atom is 0.425 e. The van der Waals surface area contributed by atoms with Crippen molar-refractivity contribution in [1.29, 1.82) is 0 Å². The van der Waals surface area contributed by atoms with Crippen molar-refractivity contribution in [2.45, 2.75) is 79.1 Å². The van der Waals surface area contributed by atoms with E-state index < -0.39 is 28.9 Å². The number of anilines is 1. The highest BCUT2D eigenvalue weighted by Gasteiger charge is 2.37. The van der Waals surface area contributed by atoms with Crippen LogP contribution in [0.5, 0.6) is 0 Å². The van der Waals surface area contributed by atoms with Crippen molar-refractivity contribution in [3.63, 3.8) is 0 Å². The fourth-order valence-electron chi connectivity index (χ4n) is 3.40. The Kier molecular flexibility index (Phi) is 7.00. The smallest absolute Gasteiger partial charge is 0.425 e. The molecule has 1 aromatic carbocycles. The second-order valence-corrected chi connectivity index (χ2v) is 11.9. The van der Waals surface area contributed by atoms with Gasteiger partial charge in [-0.15, -0.1) is 0 Å². The third-order valence-corrected chi connectivity index (χ3v) is 4.91. The number of aromatic nitrogens is 4. The highest BCUT2D eigenvalue weighted by Crippen LogP contribution is 2.36. The summed E-state index contributed by atoms with van der Waals surface area (Å²) in [5.74, 6) is 0.400. The molecule has 0 saturated heterocycles. The third kappa shape index (κ3) is 6.17. The van der Waals surface area contributed by atoms with Crippen molar-refractivity contribution in [3.8, 4) is 11.5 Å². The lowest BCUT2D eigenvalue weighted by molar-refractivity contribution is 0.0429. The number of nitrogens with zero attached hydrogens (tertiary/aromatic N) is 5. The number of hydrogen-bond donors (Lipinski definition) is 0. The number of carbonyl (C=O) groups is 2. The Bertz CT molecular complexity index is 1240. The SMILES string of the molecule is CC(C)(C)OC(=O)N(C(=O)OC(C)(C)C)c1ncc(Br)nc1-c1nc2ccccc2n1C(C)(C)C. The molecule has 9 nitrogen and oxygen atoms in total. The van der Waals surface area contributed by atoms with E-state index in [4.69, 9.17) is 14.5 Å². The molecule has 0 aliphatic heterocycles. The van der Waals surface area contributed by atoms with E-state index in [0.717, 1.165) is 15.9 Å². The van der Waals surface area contributed by atoms with Crippen molar-refractivity contribution in [2.24, 2.45) is 0 Å². The summed E-state index contributed by atoms with van der Waals surface area (Å²) >= 11 is 3.37. The molecular formula is C25H32BrN5O4. The van der Waals surface area contributed by atoms with Crippen LogP contribution in [0.25, 0.3) is 22.6 Å². The normalized spacial score (nSPS) is 12.5. The third-order valence-electron chi connectivity index (χ3n) is 4.53. The van der Waals surface area contributed by atoms with Crippen molar-refractivity contribution in [2.75, 3.05) is 4.90 Å². The summed E-state index contributed by atoms with van der Waals surface area (Å²) in [6.07, 6.45) is -0.448. The van der Waals surface area contributed by atoms with Crippen LogP contribution >= 0.6 is 15.9 Å². The Morgan fingerprint density at radius 3 is 1.94 bits per heavy atom. The fraction of sp³-hybridized carbons (Fsp3) is 0.480. The summed E-state index contributed by atoms with van der Waals surface area (Å²) < 4.78 is 13.5. The van der Waals surface area contributed by atoms with Crippen molar-refractivity contribution in [1.82, 2.24) is 19.5 Å². The number of rotatable bonds is 2. The zero-order chi connectivity index (χ0) is 26.3. The molecule has 0 atom stereocenters. The molecular weight excluding hydrogens is 514 g/mol. The van der Waals surface area contributed by atoms with Gasteiger partial charge in [0, 0.05) is 5.54 Å². The Balaban J connectivity index is 2.32. The monoisotopic (exact) mass is 545 g/mol. The summed E-state index contributed by atoms with van der Waals surface area (Å²) in [5, 5.41) is 0. The molecule has 0 aliphatic rings. The molecule has 0 N–H and O–H groups in total. The Morgan fingerprint density at radius 2 is 1.43 bits per heavy atom. The van der Waals surface area contributed by atoms with Gasteiger partial charge in [-0.3, -0.25) is 0 Å². The van der Waals surface area contributed by atoms with Gasteiger partial charge in [0.25, 0.3) is 0 Å². The summed E-state index contributed by atoms with van der Waals surface area (Å²) in [6, 6.07) is 7.68. The molecule has 0 saturated carbocycles. The lowest BCUT2D eigenvalue weighted by Crippen LogP contribution is -2.44. The first-order chi connectivity index (χ1) is 16.0. The number of imidazole rings is 1. The van der Waals surface area contributed by atoms with Crippen LogP contribution in [-0.4, -0.2) is 42.9 Å². The minimum atomic E-state index is -0.928. The number of fused-ring (bicyclic) bond motifs is 1. The molecule has 0 fully saturated rings. The lowest BCUT2D eigenvalue weighted by atomic mass is 10.1. The average molecular weight is 546 g/mol. The molecule has 188 valence electrons. The average Bonchev–Trinajstić information content (AvgIpc) is 3.06. The van der Waals surface area contributed by atoms with Gasteiger partial charge in [0.1, 0.15) is 15.8 Å². The minimum absolute atomic E-state index is 0.0440. The predicted molar refractivity (Wildman–Crippen MR) is 138 cm³/mol. The second-order valence-electron chi connectivity index (χ2n) is 11.1. The Hall–Kier alpha value is -3.01. The highest BCUT2D eigenvalue weighted by atomic mass is 79.9. The second kappa shape index (κ2) is 9.22. The molecule has 0 bridgehead atoms. The Labute approximate surface area is 214 Å². The van der Waals surface area contributed by atoms with Gasteiger partial charge in [0.15, 0.2) is 17.3 Å². The van der Waals surface area contributed by atoms with Gasteiger partial charge in [-0.05, 0) is 90.4 Å². The van der Waals surface area contributed by atoms with Crippen molar-refractivity contribution in [3.05, 3.63) is 35.1 Å². The maximum atomic E-state index is 13.3. The number of amides is 2. The topological polar surface area (TPSA) is 99.4 Å². The van der Waals surface area contributed by atoms with Crippen LogP contribution in [0.2, 0.25) is 0 Å². The van der Waals surface area contributed by atoms with Gasteiger partial charge in [-0.25, -0.2) is 24.5 Å². The summed E-state index contributed by atoms with van der Waals surface area (Å²) in [4.78, 5) is 41.2. The first-order valence-corrected chi connectivity index (χ1v) is 12.0. The van der Waals surface area contributed by atoms with E-state index >= 15 is 0 Å². The molecule has 10 heteroatoms. The molecule has 3 aromatic rings. The molecule has 0 aliphatic carbocycles. The van der Waals surface area contributed by atoms with Crippen LogP contribution in [-0.2, 0) is 15.0 Å². The van der Waals surface area contributed by atoms with Crippen molar-refractivity contribution < 1.29 is 19.1 Å². The van der Waals surface area contributed by atoms with Crippen LogP contribution < -0.4 is 4.90 Å². The van der Waals surface area contributed by atoms with Gasteiger partial charge in [0.2, 0.25) is 0 Å². The maximum absolute atomic E-state index is 13.3. The zero-order valence-electron chi connectivity index (χ0n) is 21.6. The molecule has 2 heterocycles. The molecule has 2 aromatic heterocycles.